The van der Waals surface area contributed by atoms with Gasteiger partial charge < -0.3 is 19.4 Å². The Kier molecular flexibility index (Phi) is 4.24. The Balaban J connectivity index is 1.46. The molecule has 21 heavy (non-hydrogen) atoms. The fourth-order valence-corrected chi connectivity index (χ4v) is 2.86. The lowest BCUT2D eigenvalue weighted by molar-refractivity contribution is -0.131. The molecule has 1 aromatic heterocycles. The molecule has 1 unspecified atom stereocenters. The van der Waals surface area contributed by atoms with Gasteiger partial charge in [0.2, 0.25) is 5.91 Å². The van der Waals surface area contributed by atoms with Gasteiger partial charge in [0.05, 0.1) is 6.26 Å². The second-order valence-corrected chi connectivity index (χ2v) is 5.55. The molecule has 0 aromatic carbocycles. The molecule has 2 aliphatic heterocycles. The third-order valence-electron chi connectivity index (χ3n) is 4.08. The Bertz CT molecular complexity index is 486. The third kappa shape index (κ3) is 3.26. The highest BCUT2D eigenvalue weighted by Crippen LogP contribution is 2.16. The maximum atomic E-state index is 12.1. The molecule has 0 saturated carbocycles. The van der Waals surface area contributed by atoms with Gasteiger partial charge >= 0.3 is 0 Å². The van der Waals surface area contributed by atoms with Gasteiger partial charge in [0.15, 0.2) is 5.76 Å². The van der Waals surface area contributed by atoms with E-state index in [0.29, 0.717) is 25.5 Å². The second-order valence-electron chi connectivity index (χ2n) is 5.55. The van der Waals surface area contributed by atoms with Crippen molar-refractivity contribution in [3.63, 3.8) is 0 Å². The van der Waals surface area contributed by atoms with E-state index in [0.717, 1.165) is 25.7 Å². The van der Waals surface area contributed by atoms with E-state index < -0.39 is 0 Å². The molecule has 2 aliphatic rings. The van der Waals surface area contributed by atoms with Crippen LogP contribution >= 0.6 is 0 Å². The summed E-state index contributed by atoms with van der Waals surface area (Å²) in [6, 6.07) is 3.51. The first-order valence-electron chi connectivity index (χ1n) is 7.49. The highest BCUT2D eigenvalue weighted by Gasteiger charge is 2.29. The summed E-state index contributed by atoms with van der Waals surface area (Å²) < 4.78 is 10.5. The number of amides is 2. The molecule has 1 atom stereocenters. The summed E-state index contributed by atoms with van der Waals surface area (Å²) in [5, 5.41) is 3.03. The molecule has 6 heteroatoms. The Morgan fingerprint density at radius 2 is 2.05 bits per heavy atom. The number of hydrogen-bond acceptors (Lipinski definition) is 4. The van der Waals surface area contributed by atoms with E-state index in [4.69, 9.17) is 9.15 Å². The molecule has 1 aromatic rings. The van der Waals surface area contributed by atoms with Gasteiger partial charge in [-0.05, 0) is 37.8 Å². The Morgan fingerprint density at radius 3 is 2.67 bits per heavy atom. The zero-order chi connectivity index (χ0) is 14.7. The fourth-order valence-electron chi connectivity index (χ4n) is 2.86. The highest BCUT2D eigenvalue weighted by molar-refractivity contribution is 5.91. The number of nitrogens with zero attached hydrogens (tertiary/aromatic N) is 1. The molecule has 114 valence electrons. The molecule has 3 rings (SSSR count). The summed E-state index contributed by atoms with van der Waals surface area (Å²) in [5.74, 6) is 0.282. The molecular weight excluding hydrogens is 272 g/mol. The monoisotopic (exact) mass is 292 g/mol. The van der Waals surface area contributed by atoms with E-state index in [1.807, 2.05) is 0 Å². The van der Waals surface area contributed by atoms with E-state index >= 15 is 0 Å². The summed E-state index contributed by atoms with van der Waals surface area (Å²) in [5.41, 5.74) is 0. The minimum Gasteiger partial charge on any atom is -0.459 e. The molecule has 0 spiro atoms. The van der Waals surface area contributed by atoms with Crippen molar-refractivity contribution >= 4 is 11.8 Å². The van der Waals surface area contributed by atoms with Crippen LogP contribution in [-0.2, 0) is 9.53 Å². The van der Waals surface area contributed by atoms with E-state index in [1.54, 1.807) is 17.0 Å². The maximum absolute atomic E-state index is 12.1. The summed E-state index contributed by atoms with van der Waals surface area (Å²) in [6.07, 6.45) is 4.51. The smallest absolute Gasteiger partial charge is 0.289 e. The predicted octanol–water partition coefficient (Wildman–Crippen LogP) is 1.18. The van der Waals surface area contributed by atoms with Gasteiger partial charge in [0.25, 0.3) is 5.91 Å². The van der Waals surface area contributed by atoms with Crippen LogP contribution in [0.25, 0.3) is 0 Å². The highest BCUT2D eigenvalue weighted by atomic mass is 16.5. The van der Waals surface area contributed by atoms with Crippen molar-refractivity contribution in [2.45, 2.75) is 37.8 Å². The summed E-state index contributed by atoms with van der Waals surface area (Å²) >= 11 is 0. The number of piperidine rings is 1. The SMILES string of the molecule is O=C(NC1CCN(C(=O)c2ccco2)CC1)C1CCCO1. The number of furan rings is 1. The van der Waals surface area contributed by atoms with Crippen LogP contribution in [0.2, 0.25) is 0 Å². The average molecular weight is 292 g/mol. The topological polar surface area (TPSA) is 71.8 Å². The number of carbonyl (C=O) groups excluding carboxylic acids is 2. The van der Waals surface area contributed by atoms with Crippen LogP contribution in [-0.4, -0.2) is 48.6 Å². The number of carbonyl (C=O) groups is 2. The van der Waals surface area contributed by atoms with Crippen molar-refractivity contribution in [1.29, 1.82) is 0 Å². The maximum Gasteiger partial charge on any atom is 0.289 e. The number of nitrogens with one attached hydrogen (secondary N) is 1. The summed E-state index contributed by atoms with van der Waals surface area (Å²) in [6.45, 7) is 1.94. The Morgan fingerprint density at radius 1 is 1.24 bits per heavy atom. The van der Waals surface area contributed by atoms with E-state index in [1.165, 1.54) is 6.26 Å². The lowest BCUT2D eigenvalue weighted by Gasteiger charge is -2.32. The molecule has 0 radical (unpaired) electrons. The zero-order valence-electron chi connectivity index (χ0n) is 11.9. The Labute approximate surface area is 123 Å². The van der Waals surface area contributed by atoms with Gasteiger partial charge in [-0.2, -0.15) is 0 Å². The molecule has 1 N–H and O–H groups in total. The van der Waals surface area contributed by atoms with Crippen LogP contribution < -0.4 is 5.32 Å². The minimum absolute atomic E-state index is 0.0108. The first kappa shape index (κ1) is 14.1. The summed E-state index contributed by atoms with van der Waals surface area (Å²) in [4.78, 5) is 25.9. The molecule has 2 amide bonds. The van der Waals surface area contributed by atoms with Crippen LogP contribution in [0.3, 0.4) is 0 Å². The molecule has 2 saturated heterocycles. The molecular formula is C15H20N2O4. The first-order chi connectivity index (χ1) is 10.2. The number of rotatable bonds is 3. The van der Waals surface area contributed by atoms with Gasteiger partial charge in [-0.1, -0.05) is 0 Å². The molecule has 0 aliphatic carbocycles. The Hall–Kier alpha value is -1.82. The van der Waals surface area contributed by atoms with Gasteiger partial charge in [-0.3, -0.25) is 9.59 Å². The van der Waals surface area contributed by atoms with E-state index in [-0.39, 0.29) is 24.0 Å². The van der Waals surface area contributed by atoms with Crippen LogP contribution in [0.5, 0.6) is 0 Å². The number of ether oxygens (including phenoxy) is 1. The van der Waals surface area contributed by atoms with Crippen LogP contribution in [0.15, 0.2) is 22.8 Å². The summed E-state index contributed by atoms with van der Waals surface area (Å²) in [7, 11) is 0. The van der Waals surface area contributed by atoms with Gasteiger partial charge in [0.1, 0.15) is 6.10 Å². The van der Waals surface area contributed by atoms with Crippen LogP contribution in [0, 0.1) is 0 Å². The van der Waals surface area contributed by atoms with Crippen molar-refractivity contribution in [1.82, 2.24) is 10.2 Å². The van der Waals surface area contributed by atoms with Crippen molar-refractivity contribution in [2.24, 2.45) is 0 Å². The van der Waals surface area contributed by atoms with Crippen LogP contribution in [0.4, 0.5) is 0 Å². The molecule has 2 fully saturated rings. The largest absolute Gasteiger partial charge is 0.459 e. The zero-order valence-corrected chi connectivity index (χ0v) is 11.9. The standard InChI is InChI=1S/C15H20N2O4/c18-14(12-3-1-9-20-12)16-11-5-7-17(8-6-11)15(19)13-4-2-10-21-13/h2,4,10-12H,1,3,5-9H2,(H,16,18). The quantitative estimate of drug-likeness (QED) is 0.908. The van der Waals surface area contributed by atoms with Gasteiger partial charge in [-0.25, -0.2) is 0 Å². The van der Waals surface area contributed by atoms with E-state index in [2.05, 4.69) is 5.32 Å². The molecule has 6 nitrogen and oxygen atoms in total. The number of hydrogen-bond donors (Lipinski definition) is 1. The number of likely N-dealkylation sites (tertiary alicyclic amines) is 1. The lowest BCUT2D eigenvalue weighted by Crippen LogP contribution is -2.48. The van der Waals surface area contributed by atoms with Crippen molar-refractivity contribution < 1.29 is 18.7 Å². The average Bonchev–Trinajstić information content (AvgIpc) is 3.20. The predicted molar refractivity (Wildman–Crippen MR) is 74.8 cm³/mol. The second kappa shape index (κ2) is 6.30. The third-order valence-corrected chi connectivity index (χ3v) is 4.08. The first-order valence-corrected chi connectivity index (χ1v) is 7.49. The normalized spacial score (nSPS) is 23.2. The fraction of sp³-hybridized carbons (Fsp3) is 0.600. The van der Waals surface area contributed by atoms with Gasteiger partial charge in [-0.15, -0.1) is 0 Å². The lowest BCUT2D eigenvalue weighted by atomic mass is 10.0. The van der Waals surface area contributed by atoms with Crippen molar-refractivity contribution in [3.05, 3.63) is 24.2 Å². The minimum atomic E-state index is -0.284. The van der Waals surface area contributed by atoms with E-state index in [9.17, 15) is 9.59 Å². The van der Waals surface area contributed by atoms with Crippen molar-refractivity contribution in [3.8, 4) is 0 Å². The van der Waals surface area contributed by atoms with Gasteiger partial charge in [0, 0.05) is 25.7 Å². The molecule has 0 bridgehead atoms. The van der Waals surface area contributed by atoms with Crippen molar-refractivity contribution in [2.75, 3.05) is 19.7 Å². The molecule has 3 heterocycles. The van der Waals surface area contributed by atoms with Crippen LogP contribution in [0.1, 0.15) is 36.2 Å².